The lowest BCUT2D eigenvalue weighted by Gasteiger charge is -2.11. The summed E-state index contributed by atoms with van der Waals surface area (Å²) < 4.78 is 10.4. The zero-order valence-corrected chi connectivity index (χ0v) is 14.2. The van der Waals surface area contributed by atoms with Crippen molar-refractivity contribution in [1.29, 1.82) is 0 Å². The van der Waals surface area contributed by atoms with Crippen LogP contribution in [0.2, 0.25) is 0 Å². The van der Waals surface area contributed by atoms with Gasteiger partial charge in [-0.3, -0.25) is 0 Å². The first kappa shape index (κ1) is 17.3. The Morgan fingerprint density at radius 2 is 1.75 bits per heavy atom. The highest BCUT2D eigenvalue weighted by Crippen LogP contribution is 2.28. The standard InChI is InChI=1S/C18H21N3O3/c1-12-5-7-14(8-6-12)13(2)20-21-18(22)19-16-10-9-15(23-3)11-17(16)24-4/h5-11H,1-4H3,(H2,19,21,22)/b20-13+. The molecule has 6 nitrogen and oxygen atoms in total. The van der Waals surface area contributed by atoms with E-state index in [-0.39, 0.29) is 0 Å². The van der Waals surface area contributed by atoms with Gasteiger partial charge in [-0.2, -0.15) is 5.10 Å². The van der Waals surface area contributed by atoms with Gasteiger partial charge in [0.25, 0.3) is 0 Å². The van der Waals surface area contributed by atoms with Crippen molar-refractivity contribution in [3.63, 3.8) is 0 Å². The molecule has 0 radical (unpaired) electrons. The zero-order chi connectivity index (χ0) is 17.5. The first-order valence-electron chi connectivity index (χ1n) is 7.44. The van der Waals surface area contributed by atoms with Crippen LogP contribution in [0.25, 0.3) is 0 Å². The Kier molecular flexibility index (Phi) is 5.78. The van der Waals surface area contributed by atoms with Gasteiger partial charge in [0.1, 0.15) is 11.5 Å². The quantitative estimate of drug-likeness (QED) is 0.651. The highest BCUT2D eigenvalue weighted by atomic mass is 16.5. The van der Waals surface area contributed by atoms with Gasteiger partial charge in [-0.05, 0) is 31.5 Å². The van der Waals surface area contributed by atoms with Crippen molar-refractivity contribution in [2.24, 2.45) is 5.10 Å². The molecule has 0 aromatic heterocycles. The molecule has 2 N–H and O–H groups in total. The minimum atomic E-state index is -0.454. The van der Waals surface area contributed by atoms with E-state index >= 15 is 0 Å². The van der Waals surface area contributed by atoms with Crippen molar-refractivity contribution in [3.05, 3.63) is 53.6 Å². The van der Waals surface area contributed by atoms with E-state index in [1.807, 2.05) is 38.1 Å². The number of rotatable bonds is 5. The summed E-state index contributed by atoms with van der Waals surface area (Å²) in [5, 5.41) is 6.79. The molecule has 0 unspecified atom stereocenters. The van der Waals surface area contributed by atoms with E-state index < -0.39 is 6.03 Å². The number of urea groups is 1. The molecule has 6 heteroatoms. The van der Waals surface area contributed by atoms with E-state index in [9.17, 15) is 4.79 Å². The maximum absolute atomic E-state index is 12.0. The molecule has 0 saturated carbocycles. The van der Waals surface area contributed by atoms with E-state index in [1.54, 1.807) is 25.3 Å². The minimum absolute atomic E-state index is 0.454. The van der Waals surface area contributed by atoms with Crippen LogP contribution >= 0.6 is 0 Å². The monoisotopic (exact) mass is 327 g/mol. The van der Waals surface area contributed by atoms with Gasteiger partial charge < -0.3 is 14.8 Å². The van der Waals surface area contributed by atoms with Gasteiger partial charge in [-0.25, -0.2) is 10.2 Å². The van der Waals surface area contributed by atoms with Crippen LogP contribution in [0.5, 0.6) is 11.5 Å². The van der Waals surface area contributed by atoms with Crippen LogP contribution in [0.4, 0.5) is 10.5 Å². The Morgan fingerprint density at radius 1 is 1.04 bits per heavy atom. The van der Waals surface area contributed by atoms with Crippen LogP contribution in [0.1, 0.15) is 18.1 Å². The molecule has 126 valence electrons. The number of nitrogens with one attached hydrogen (secondary N) is 2. The van der Waals surface area contributed by atoms with Crippen LogP contribution in [-0.2, 0) is 0 Å². The third kappa shape index (κ3) is 4.49. The second-order valence-corrected chi connectivity index (χ2v) is 5.20. The van der Waals surface area contributed by atoms with Crippen LogP contribution in [0.3, 0.4) is 0 Å². The molecule has 2 aromatic carbocycles. The SMILES string of the molecule is COc1ccc(NC(=O)N/N=C(\C)c2ccc(C)cc2)c(OC)c1. The normalized spacial score (nSPS) is 10.9. The highest BCUT2D eigenvalue weighted by Gasteiger charge is 2.08. The number of carbonyl (C=O) groups is 1. The van der Waals surface area contributed by atoms with Crippen LogP contribution in [0.15, 0.2) is 47.6 Å². The number of amides is 2. The third-order valence-electron chi connectivity index (χ3n) is 3.45. The Balaban J connectivity index is 2.03. The maximum atomic E-state index is 12.0. The Bertz CT molecular complexity index is 740. The fourth-order valence-corrected chi connectivity index (χ4v) is 2.05. The number of carbonyl (C=O) groups excluding carboxylic acids is 1. The van der Waals surface area contributed by atoms with Crippen molar-refractivity contribution < 1.29 is 14.3 Å². The third-order valence-corrected chi connectivity index (χ3v) is 3.45. The molecule has 2 rings (SSSR count). The molecule has 0 aliphatic rings. The topological polar surface area (TPSA) is 72.0 Å². The second kappa shape index (κ2) is 8.01. The fraction of sp³-hybridized carbons (Fsp3) is 0.222. The van der Waals surface area contributed by atoms with Crippen molar-refractivity contribution in [2.75, 3.05) is 19.5 Å². The van der Waals surface area contributed by atoms with Gasteiger partial charge in [-0.15, -0.1) is 0 Å². The Labute approximate surface area is 141 Å². The summed E-state index contributed by atoms with van der Waals surface area (Å²) in [6.07, 6.45) is 0. The summed E-state index contributed by atoms with van der Waals surface area (Å²) in [6, 6.07) is 12.6. The number of hydrogen-bond donors (Lipinski definition) is 2. The molecule has 2 aromatic rings. The predicted octanol–water partition coefficient (Wildman–Crippen LogP) is 3.56. The van der Waals surface area contributed by atoms with Gasteiger partial charge in [0.2, 0.25) is 0 Å². The lowest BCUT2D eigenvalue weighted by atomic mass is 10.1. The van der Waals surface area contributed by atoms with Crippen LogP contribution < -0.4 is 20.2 Å². The summed E-state index contributed by atoms with van der Waals surface area (Å²) in [7, 11) is 3.09. The summed E-state index contributed by atoms with van der Waals surface area (Å²) in [5.41, 5.74) is 5.83. The maximum Gasteiger partial charge on any atom is 0.339 e. The van der Waals surface area contributed by atoms with Gasteiger partial charge in [0.15, 0.2) is 0 Å². The number of benzene rings is 2. The van der Waals surface area contributed by atoms with Gasteiger partial charge in [0.05, 0.1) is 25.6 Å². The molecule has 2 amide bonds. The molecule has 0 aliphatic heterocycles. The molecule has 0 fully saturated rings. The number of ether oxygens (including phenoxy) is 2. The number of methoxy groups -OCH3 is 2. The van der Waals surface area contributed by atoms with Gasteiger partial charge in [0, 0.05) is 6.07 Å². The zero-order valence-electron chi connectivity index (χ0n) is 14.2. The first-order valence-corrected chi connectivity index (χ1v) is 7.44. The van der Waals surface area contributed by atoms with Gasteiger partial charge in [-0.1, -0.05) is 29.8 Å². The van der Waals surface area contributed by atoms with E-state index in [0.717, 1.165) is 5.56 Å². The molecule has 0 bridgehead atoms. The summed E-state index contributed by atoms with van der Waals surface area (Å²) in [4.78, 5) is 12.0. The molecule has 0 spiro atoms. The van der Waals surface area contributed by atoms with Crippen LogP contribution in [-0.4, -0.2) is 26.0 Å². The van der Waals surface area contributed by atoms with Crippen LogP contribution in [0, 0.1) is 6.92 Å². The van der Waals surface area contributed by atoms with E-state index in [0.29, 0.717) is 22.9 Å². The van der Waals surface area contributed by atoms with Crippen molar-refractivity contribution in [3.8, 4) is 11.5 Å². The molecule has 0 aliphatic carbocycles. The van der Waals surface area contributed by atoms with E-state index in [2.05, 4.69) is 15.8 Å². The van der Waals surface area contributed by atoms with E-state index in [4.69, 9.17) is 9.47 Å². The average Bonchev–Trinajstić information content (AvgIpc) is 2.60. The number of aryl methyl sites for hydroxylation is 1. The first-order chi connectivity index (χ1) is 11.5. The smallest absolute Gasteiger partial charge is 0.339 e. The number of hydrogen-bond acceptors (Lipinski definition) is 4. The largest absolute Gasteiger partial charge is 0.497 e. The molecule has 24 heavy (non-hydrogen) atoms. The second-order valence-electron chi connectivity index (χ2n) is 5.20. The summed E-state index contributed by atoms with van der Waals surface area (Å²) in [6.45, 7) is 3.85. The lowest BCUT2D eigenvalue weighted by Crippen LogP contribution is -2.25. The van der Waals surface area contributed by atoms with Crippen molar-refractivity contribution in [2.45, 2.75) is 13.8 Å². The van der Waals surface area contributed by atoms with Crippen molar-refractivity contribution >= 4 is 17.4 Å². The number of anilines is 1. The summed E-state index contributed by atoms with van der Waals surface area (Å²) >= 11 is 0. The lowest BCUT2D eigenvalue weighted by molar-refractivity contribution is 0.252. The Morgan fingerprint density at radius 3 is 2.38 bits per heavy atom. The number of hydrazone groups is 1. The predicted molar refractivity (Wildman–Crippen MR) is 95.1 cm³/mol. The average molecular weight is 327 g/mol. The fourth-order valence-electron chi connectivity index (χ4n) is 2.05. The van der Waals surface area contributed by atoms with Crippen molar-refractivity contribution in [1.82, 2.24) is 5.43 Å². The summed E-state index contributed by atoms with van der Waals surface area (Å²) in [5.74, 6) is 1.15. The minimum Gasteiger partial charge on any atom is -0.497 e. The molecular formula is C18H21N3O3. The molecule has 0 heterocycles. The molecule has 0 saturated heterocycles. The Hall–Kier alpha value is -3.02. The molecular weight excluding hydrogens is 306 g/mol. The molecule has 0 atom stereocenters. The van der Waals surface area contributed by atoms with Gasteiger partial charge >= 0.3 is 6.03 Å². The number of nitrogens with zero attached hydrogens (tertiary/aromatic N) is 1. The highest BCUT2D eigenvalue weighted by molar-refractivity contribution is 6.00. The van der Waals surface area contributed by atoms with E-state index in [1.165, 1.54) is 12.7 Å².